The number of para-hydroxylation sites is 2. The lowest BCUT2D eigenvalue weighted by Crippen LogP contribution is -2.11. The smallest absolute Gasteiger partial charge is 0.0541 e. The first kappa shape index (κ1) is 41.9. The third kappa shape index (κ3) is 7.83. The number of hydrogen-bond acceptors (Lipinski definition) is 2. The predicted molar refractivity (Wildman–Crippen MR) is 295 cm³/mol. The number of benzene rings is 10. The molecule has 3 heteroatoms. The molecule has 0 saturated carbocycles. The molecule has 12 rings (SSSR count). The van der Waals surface area contributed by atoms with Gasteiger partial charge < -0.3 is 9.47 Å². The van der Waals surface area contributed by atoms with Crippen molar-refractivity contribution in [1.29, 1.82) is 0 Å². The molecular weight excluding hydrogens is 853 g/mol. The van der Waals surface area contributed by atoms with Gasteiger partial charge in [0, 0.05) is 54.3 Å². The van der Waals surface area contributed by atoms with Crippen molar-refractivity contribution in [3.05, 3.63) is 266 Å². The van der Waals surface area contributed by atoms with Crippen LogP contribution in [0.5, 0.6) is 0 Å². The Labute approximate surface area is 408 Å². The van der Waals surface area contributed by atoms with Crippen molar-refractivity contribution in [2.75, 3.05) is 4.90 Å². The lowest BCUT2D eigenvalue weighted by Gasteiger charge is -2.28. The molecule has 0 bridgehead atoms. The highest BCUT2D eigenvalue weighted by atomic mass is 32.1. The number of rotatable bonds is 11. The normalized spacial score (nSPS) is 11.3. The summed E-state index contributed by atoms with van der Waals surface area (Å²) >= 11 is 1.88. The van der Waals surface area contributed by atoms with Crippen molar-refractivity contribution in [2.45, 2.75) is 13.3 Å². The van der Waals surface area contributed by atoms with E-state index in [0.717, 1.165) is 29.2 Å². The lowest BCUT2D eigenvalue weighted by atomic mass is 9.91. The van der Waals surface area contributed by atoms with Crippen LogP contribution in [0.15, 0.2) is 261 Å². The number of aromatic nitrogens is 1. The summed E-state index contributed by atoms with van der Waals surface area (Å²) in [4.78, 5) is 4.90. The summed E-state index contributed by atoms with van der Waals surface area (Å²) in [5.74, 6) is 0. The third-order valence-electron chi connectivity index (χ3n) is 13.4. The zero-order chi connectivity index (χ0) is 46.1. The summed E-state index contributed by atoms with van der Waals surface area (Å²) in [5.41, 5.74) is 20.2. The molecule has 0 fully saturated rings. The van der Waals surface area contributed by atoms with Crippen LogP contribution < -0.4 is 4.90 Å². The number of anilines is 3. The molecule has 0 atom stereocenters. The summed E-state index contributed by atoms with van der Waals surface area (Å²) in [6.45, 7) is 2.23. The maximum Gasteiger partial charge on any atom is 0.0541 e. The number of aryl methyl sites for hydroxylation is 1. The summed E-state index contributed by atoms with van der Waals surface area (Å²) in [7, 11) is 0. The highest BCUT2D eigenvalue weighted by molar-refractivity contribution is 7.20. The van der Waals surface area contributed by atoms with Gasteiger partial charge in [0.15, 0.2) is 0 Å². The second-order valence-electron chi connectivity index (χ2n) is 17.5. The van der Waals surface area contributed by atoms with Crippen molar-refractivity contribution in [1.82, 2.24) is 4.57 Å². The van der Waals surface area contributed by atoms with Crippen LogP contribution in [-0.4, -0.2) is 4.57 Å². The zero-order valence-electron chi connectivity index (χ0n) is 38.3. The van der Waals surface area contributed by atoms with E-state index in [1.165, 1.54) is 92.8 Å². The first-order valence-electron chi connectivity index (χ1n) is 23.8. The number of hydrogen-bond donors (Lipinski definition) is 0. The van der Waals surface area contributed by atoms with E-state index >= 15 is 0 Å². The van der Waals surface area contributed by atoms with Crippen LogP contribution >= 0.6 is 11.3 Å². The number of thiophene rings is 1. The Morgan fingerprint density at radius 2 is 0.884 bits per heavy atom. The van der Waals surface area contributed by atoms with Gasteiger partial charge in [-0.15, -0.1) is 11.3 Å². The van der Waals surface area contributed by atoms with Crippen LogP contribution in [-0.2, 0) is 6.42 Å². The van der Waals surface area contributed by atoms with Gasteiger partial charge in [-0.2, -0.15) is 0 Å². The molecule has 2 heterocycles. The van der Waals surface area contributed by atoms with E-state index in [1.807, 2.05) is 11.3 Å². The predicted octanol–water partition coefficient (Wildman–Crippen LogP) is 18.9. The highest BCUT2D eigenvalue weighted by Gasteiger charge is 2.25. The van der Waals surface area contributed by atoms with Gasteiger partial charge in [-0.25, -0.2) is 0 Å². The summed E-state index contributed by atoms with van der Waals surface area (Å²) in [6.07, 6.45) is 1.01. The average Bonchev–Trinajstić information content (AvgIpc) is 3.99. The molecule has 0 saturated heterocycles. The SMILES string of the molecule is CCc1ccc2c(c1)c1ccccc1n2-c1ccc(-c2sc(-c3ccc(N(c4cccc(-c5ccccc5)c4)c4ccccc4-c4ccccc4)cc3)c(-c3ccccc3)c2-c2ccccc2)cc1. The molecule has 0 aliphatic heterocycles. The Kier molecular flexibility index (Phi) is 11.1. The maximum absolute atomic E-state index is 2.42. The summed E-state index contributed by atoms with van der Waals surface area (Å²) < 4.78 is 2.42. The van der Waals surface area contributed by atoms with E-state index in [2.05, 4.69) is 277 Å². The third-order valence-corrected chi connectivity index (χ3v) is 14.7. The van der Waals surface area contributed by atoms with Crippen molar-refractivity contribution in [2.24, 2.45) is 0 Å². The Balaban J connectivity index is 1.01. The van der Waals surface area contributed by atoms with E-state index in [0.29, 0.717) is 0 Å². The molecule has 0 spiro atoms. The lowest BCUT2D eigenvalue weighted by molar-refractivity contribution is 1.14. The minimum absolute atomic E-state index is 1.01. The Hall–Kier alpha value is -8.50. The van der Waals surface area contributed by atoms with Crippen LogP contribution in [0, 0.1) is 0 Å². The molecule has 12 aromatic rings. The Morgan fingerprint density at radius 3 is 1.52 bits per heavy atom. The minimum Gasteiger partial charge on any atom is -0.310 e. The second kappa shape index (κ2) is 18.3. The minimum atomic E-state index is 1.01. The van der Waals surface area contributed by atoms with Gasteiger partial charge in [0.05, 0.1) is 16.7 Å². The Morgan fingerprint density at radius 1 is 0.362 bits per heavy atom. The van der Waals surface area contributed by atoms with E-state index in [1.54, 1.807) is 0 Å². The van der Waals surface area contributed by atoms with Gasteiger partial charge in [-0.3, -0.25) is 0 Å². The fourth-order valence-corrected chi connectivity index (χ4v) is 11.4. The first-order valence-corrected chi connectivity index (χ1v) is 24.6. The fraction of sp³-hybridized carbons (Fsp3) is 0.0303. The molecule has 0 amide bonds. The maximum atomic E-state index is 2.42. The van der Waals surface area contributed by atoms with Gasteiger partial charge in [-0.1, -0.05) is 207 Å². The van der Waals surface area contributed by atoms with Gasteiger partial charge in [0.25, 0.3) is 0 Å². The van der Waals surface area contributed by atoms with Crippen molar-refractivity contribution in [3.63, 3.8) is 0 Å². The first-order chi connectivity index (χ1) is 34.2. The molecule has 0 unspecified atom stereocenters. The molecular formula is C66H48N2S. The average molecular weight is 901 g/mol. The van der Waals surface area contributed by atoms with Crippen molar-refractivity contribution >= 4 is 50.2 Å². The molecule has 0 aliphatic carbocycles. The molecule has 0 radical (unpaired) electrons. The van der Waals surface area contributed by atoms with Crippen molar-refractivity contribution < 1.29 is 0 Å². The monoisotopic (exact) mass is 900 g/mol. The van der Waals surface area contributed by atoms with E-state index in [4.69, 9.17) is 0 Å². The molecule has 328 valence electrons. The van der Waals surface area contributed by atoms with Gasteiger partial charge in [0.2, 0.25) is 0 Å². The fourth-order valence-electron chi connectivity index (χ4n) is 10.1. The second-order valence-corrected chi connectivity index (χ2v) is 18.5. The quantitative estimate of drug-likeness (QED) is 0.126. The van der Waals surface area contributed by atoms with Crippen molar-refractivity contribution in [3.8, 4) is 71.1 Å². The number of fused-ring (bicyclic) bond motifs is 3. The molecule has 2 aromatic heterocycles. The van der Waals surface area contributed by atoms with E-state index in [-0.39, 0.29) is 0 Å². The van der Waals surface area contributed by atoms with Gasteiger partial charge >= 0.3 is 0 Å². The zero-order valence-corrected chi connectivity index (χ0v) is 39.2. The van der Waals surface area contributed by atoms with Crippen LogP contribution in [0.4, 0.5) is 17.1 Å². The summed E-state index contributed by atoms with van der Waals surface area (Å²) in [6, 6.07) is 95.1. The standard InChI is InChI=1S/C66H48N2S/c1-2-46-34-43-62-59(44-46)58-31-16-18-33-61(58)68(62)55-41-37-52(38-42-55)66-64(50-26-13-6-14-27-50)63(49-24-11-5-12-25-49)65(69-66)51-35-39-54(40-36-51)67(56-29-19-28-53(45-56)47-20-7-3-8-21-47)60-32-17-15-30-57(60)48-22-9-4-10-23-48/h3-45H,2H2,1H3. The number of nitrogens with zero attached hydrogens (tertiary/aromatic N) is 2. The van der Waals surface area contributed by atoms with Crippen LogP contribution in [0.25, 0.3) is 92.9 Å². The van der Waals surface area contributed by atoms with E-state index in [9.17, 15) is 0 Å². The van der Waals surface area contributed by atoms with Gasteiger partial charge in [-0.05, 0) is 112 Å². The topological polar surface area (TPSA) is 8.17 Å². The van der Waals surface area contributed by atoms with E-state index < -0.39 is 0 Å². The molecule has 10 aromatic carbocycles. The molecule has 69 heavy (non-hydrogen) atoms. The van der Waals surface area contributed by atoms with Crippen LogP contribution in [0.3, 0.4) is 0 Å². The molecule has 2 nitrogen and oxygen atoms in total. The summed E-state index contributed by atoms with van der Waals surface area (Å²) in [5, 5.41) is 2.58. The van der Waals surface area contributed by atoms with Gasteiger partial charge in [0.1, 0.15) is 0 Å². The Bertz CT molecular complexity index is 3720. The molecule has 0 aliphatic rings. The molecule has 0 N–H and O–H groups in total. The largest absolute Gasteiger partial charge is 0.310 e. The van der Waals surface area contributed by atoms with Crippen LogP contribution in [0.2, 0.25) is 0 Å². The van der Waals surface area contributed by atoms with Crippen LogP contribution in [0.1, 0.15) is 12.5 Å². The highest BCUT2D eigenvalue weighted by Crippen LogP contribution is 2.53.